The third-order valence-corrected chi connectivity index (χ3v) is 2.14. The van der Waals surface area contributed by atoms with Crippen molar-refractivity contribution in [2.24, 2.45) is 11.8 Å². The van der Waals surface area contributed by atoms with E-state index in [1.165, 1.54) is 12.8 Å². The minimum absolute atomic E-state index is 0.340. The molecule has 0 fully saturated rings. The second-order valence-electron chi connectivity index (χ2n) is 2.74. The largest absolute Gasteiger partial charge is 0.396 e. The van der Waals surface area contributed by atoms with E-state index in [1.807, 2.05) is 0 Å². The molecule has 0 aromatic heterocycles. The van der Waals surface area contributed by atoms with Crippen LogP contribution in [0.2, 0.25) is 0 Å². The van der Waals surface area contributed by atoms with Crippen molar-refractivity contribution in [1.82, 2.24) is 0 Å². The molecule has 0 aromatic carbocycles. The molecule has 0 heterocycles. The summed E-state index contributed by atoms with van der Waals surface area (Å²) < 4.78 is 0. The zero-order valence-corrected chi connectivity index (χ0v) is 6.72. The molecule has 1 nitrogen and oxygen atoms in total. The van der Waals surface area contributed by atoms with Crippen LogP contribution in [0.15, 0.2) is 0 Å². The Kier molecular flexibility index (Phi) is 4.78. The van der Waals surface area contributed by atoms with Crippen molar-refractivity contribution in [2.75, 3.05) is 6.61 Å². The van der Waals surface area contributed by atoms with E-state index < -0.39 is 0 Å². The van der Waals surface area contributed by atoms with Crippen LogP contribution in [-0.2, 0) is 0 Å². The summed E-state index contributed by atoms with van der Waals surface area (Å²) in [7, 11) is 0. The number of rotatable bonds is 4. The quantitative estimate of drug-likeness (QED) is 0.617. The van der Waals surface area contributed by atoms with Crippen LogP contribution in [0.25, 0.3) is 0 Å². The van der Waals surface area contributed by atoms with Gasteiger partial charge in [-0.15, -0.1) is 0 Å². The van der Waals surface area contributed by atoms with Crippen molar-refractivity contribution in [3.05, 3.63) is 0 Å². The fraction of sp³-hybridized carbons (Fsp3) is 1.00. The fourth-order valence-corrected chi connectivity index (χ4v) is 1.24. The molecule has 0 rings (SSSR count). The molecule has 0 aromatic rings. The Labute approximate surface area is 58.1 Å². The van der Waals surface area contributed by atoms with Crippen LogP contribution in [0.5, 0.6) is 0 Å². The summed E-state index contributed by atoms with van der Waals surface area (Å²) in [5.41, 5.74) is 0. The maximum atomic E-state index is 8.77. The van der Waals surface area contributed by atoms with Gasteiger partial charge in [-0.2, -0.15) is 0 Å². The Hall–Kier alpha value is -0.0400. The third kappa shape index (κ3) is 2.85. The van der Waals surface area contributed by atoms with Gasteiger partial charge in [0.15, 0.2) is 0 Å². The van der Waals surface area contributed by atoms with Gasteiger partial charge in [0.25, 0.3) is 0 Å². The predicted octanol–water partition coefficient (Wildman–Crippen LogP) is 2.05. The van der Waals surface area contributed by atoms with E-state index in [-0.39, 0.29) is 0 Å². The summed E-state index contributed by atoms with van der Waals surface area (Å²) in [6, 6.07) is 0. The van der Waals surface area contributed by atoms with E-state index in [9.17, 15) is 0 Å². The van der Waals surface area contributed by atoms with E-state index >= 15 is 0 Å². The highest BCUT2D eigenvalue weighted by Crippen LogP contribution is 2.17. The van der Waals surface area contributed by atoms with Gasteiger partial charge in [-0.05, 0) is 11.8 Å². The van der Waals surface area contributed by atoms with Crippen LogP contribution < -0.4 is 0 Å². The Bertz CT molecular complexity index is 57.6. The van der Waals surface area contributed by atoms with Gasteiger partial charge in [0.1, 0.15) is 0 Å². The minimum Gasteiger partial charge on any atom is -0.396 e. The summed E-state index contributed by atoms with van der Waals surface area (Å²) in [5, 5.41) is 8.77. The Morgan fingerprint density at radius 3 is 1.78 bits per heavy atom. The van der Waals surface area contributed by atoms with Crippen molar-refractivity contribution in [3.63, 3.8) is 0 Å². The van der Waals surface area contributed by atoms with Gasteiger partial charge in [0, 0.05) is 6.61 Å². The minimum atomic E-state index is 0.340. The highest BCUT2D eigenvalue weighted by Gasteiger charge is 2.10. The van der Waals surface area contributed by atoms with Crippen LogP contribution in [0.3, 0.4) is 0 Å². The molecule has 0 bridgehead atoms. The topological polar surface area (TPSA) is 20.2 Å². The zero-order valence-electron chi connectivity index (χ0n) is 6.72. The van der Waals surface area contributed by atoms with Gasteiger partial charge in [0.05, 0.1) is 0 Å². The highest BCUT2D eigenvalue weighted by molar-refractivity contribution is 4.61. The molecular formula is C8H18O. The highest BCUT2D eigenvalue weighted by atomic mass is 16.3. The molecule has 0 saturated heterocycles. The van der Waals surface area contributed by atoms with E-state index in [0.717, 1.165) is 5.92 Å². The normalized spacial score (nSPS) is 14.3. The summed E-state index contributed by atoms with van der Waals surface area (Å²) in [4.78, 5) is 0. The average molecular weight is 130 g/mol. The lowest BCUT2D eigenvalue weighted by Crippen LogP contribution is -2.13. The maximum absolute atomic E-state index is 8.77. The van der Waals surface area contributed by atoms with Crippen molar-refractivity contribution in [3.8, 4) is 0 Å². The Morgan fingerprint density at radius 2 is 1.67 bits per heavy atom. The van der Waals surface area contributed by atoms with E-state index in [4.69, 9.17) is 5.11 Å². The van der Waals surface area contributed by atoms with Crippen LogP contribution in [-0.4, -0.2) is 11.7 Å². The molecule has 1 N–H and O–H groups in total. The molecule has 0 aliphatic heterocycles. The molecule has 1 unspecified atom stereocenters. The Morgan fingerprint density at radius 1 is 1.22 bits per heavy atom. The lowest BCUT2D eigenvalue weighted by atomic mass is 9.90. The lowest BCUT2D eigenvalue weighted by molar-refractivity contribution is 0.182. The molecule has 0 aliphatic rings. The first-order valence-corrected chi connectivity index (χ1v) is 3.87. The summed E-state index contributed by atoms with van der Waals surface area (Å²) in [6.07, 6.45) is 2.39. The van der Waals surface area contributed by atoms with Crippen molar-refractivity contribution in [2.45, 2.75) is 33.6 Å². The number of aliphatic hydroxyl groups is 1. The van der Waals surface area contributed by atoms with E-state index in [2.05, 4.69) is 20.8 Å². The molecule has 56 valence electrons. The van der Waals surface area contributed by atoms with Crippen LogP contribution in [0.4, 0.5) is 0 Å². The molecule has 0 saturated carbocycles. The smallest absolute Gasteiger partial charge is 0.0459 e. The lowest BCUT2D eigenvalue weighted by Gasteiger charge is -2.17. The monoisotopic (exact) mass is 130 g/mol. The van der Waals surface area contributed by atoms with Crippen LogP contribution in [0.1, 0.15) is 33.6 Å². The van der Waals surface area contributed by atoms with Crippen molar-refractivity contribution >= 4 is 0 Å². The van der Waals surface area contributed by atoms with Crippen LogP contribution >= 0.6 is 0 Å². The first kappa shape index (κ1) is 8.96. The van der Waals surface area contributed by atoms with Gasteiger partial charge in [-0.25, -0.2) is 0 Å². The van der Waals surface area contributed by atoms with E-state index in [1.54, 1.807) is 0 Å². The molecule has 0 amide bonds. The van der Waals surface area contributed by atoms with Gasteiger partial charge >= 0.3 is 0 Å². The van der Waals surface area contributed by atoms with Crippen LogP contribution in [0, 0.1) is 11.8 Å². The number of hydrogen-bond donors (Lipinski definition) is 1. The SMILES string of the molecule is CCC(CC)C(C)CO. The Balaban J connectivity index is 3.50. The standard InChI is InChI=1S/C8H18O/c1-4-8(5-2)7(3)6-9/h7-9H,4-6H2,1-3H3. The molecule has 0 aliphatic carbocycles. The molecular weight excluding hydrogens is 112 g/mol. The third-order valence-electron chi connectivity index (χ3n) is 2.14. The van der Waals surface area contributed by atoms with Gasteiger partial charge in [-0.3, -0.25) is 0 Å². The predicted molar refractivity (Wildman–Crippen MR) is 40.3 cm³/mol. The summed E-state index contributed by atoms with van der Waals surface area (Å²) in [6.45, 7) is 6.81. The van der Waals surface area contributed by atoms with Gasteiger partial charge < -0.3 is 5.11 Å². The molecule has 0 spiro atoms. The first-order valence-electron chi connectivity index (χ1n) is 3.87. The van der Waals surface area contributed by atoms with Gasteiger partial charge in [-0.1, -0.05) is 33.6 Å². The van der Waals surface area contributed by atoms with E-state index in [0.29, 0.717) is 12.5 Å². The zero-order chi connectivity index (χ0) is 7.28. The second-order valence-corrected chi connectivity index (χ2v) is 2.74. The number of hydrogen-bond acceptors (Lipinski definition) is 1. The maximum Gasteiger partial charge on any atom is 0.0459 e. The molecule has 0 radical (unpaired) electrons. The summed E-state index contributed by atoms with van der Waals surface area (Å²) >= 11 is 0. The van der Waals surface area contributed by atoms with Crippen molar-refractivity contribution < 1.29 is 5.11 Å². The first-order chi connectivity index (χ1) is 4.26. The number of aliphatic hydroxyl groups excluding tert-OH is 1. The average Bonchev–Trinajstić information content (AvgIpc) is 1.90. The second kappa shape index (κ2) is 4.80. The molecule has 1 atom stereocenters. The fourth-order valence-electron chi connectivity index (χ4n) is 1.24. The van der Waals surface area contributed by atoms with Gasteiger partial charge in [0.2, 0.25) is 0 Å². The van der Waals surface area contributed by atoms with Crippen molar-refractivity contribution in [1.29, 1.82) is 0 Å². The summed E-state index contributed by atoms with van der Waals surface area (Å²) in [5.74, 6) is 1.20. The molecule has 9 heavy (non-hydrogen) atoms. The molecule has 1 heteroatoms.